The van der Waals surface area contributed by atoms with Gasteiger partial charge in [0, 0.05) is 45.9 Å². The van der Waals surface area contributed by atoms with Gasteiger partial charge in [-0.2, -0.15) is 0 Å². The van der Waals surface area contributed by atoms with E-state index < -0.39 is 0 Å². The number of aromatic nitrogens is 2. The number of ether oxygens (including phenoxy) is 3. The predicted molar refractivity (Wildman–Crippen MR) is 135 cm³/mol. The molecular formula is C26H25N3O4S. The number of carbonyl (C=O) groups excluding carboxylic acids is 1. The average molecular weight is 476 g/mol. The van der Waals surface area contributed by atoms with Crippen LogP contribution in [-0.4, -0.2) is 43.7 Å². The van der Waals surface area contributed by atoms with Gasteiger partial charge in [0.1, 0.15) is 11.4 Å². The van der Waals surface area contributed by atoms with Gasteiger partial charge in [0.2, 0.25) is 0 Å². The minimum atomic E-state index is -0.208. The van der Waals surface area contributed by atoms with Crippen molar-refractivity contribution in [1.82, 2.24) is 15.3 Å². The molecule has 0 radical (unpaired) electrons. The molecule has 0 aliphatic heterocycles. The number of aromatic amines is 2. The molecule has 0 aliphatic carbocycles. The van der Waals surface area contributed by atoms with Gasteiger partial charge < -0.3 is 29.5 Å². The zero-order valence-electron chi connectivity index (χ0n) is 19.1. The second-order valence-electron chi connectivity index (χ2n) is 7.85. The topological polar surface area (TPSA) is 88.4 Å². The summed E-state index contributed by atoms with van der Waals surface area (Å²) in [7, 11) is 4.71. The number of hydrogen-bond donors (Lipinski definition) is 3. The molecule has 0 fully saturated rings. The Hall–Kier alpha value is -3.91. The van der Waals surface area contributed by atoms with Crippen molar-refractivity contribution >= 4 is 39.0 Å². The molecule has 8 heteroatoms. The number of carbonyl (C=O) groups is 1. The number of hydrogen-bond acceptors (Lipinski definition) is 5. The van der Waals surface area contributed by atoms with E-state index in [0.717, 1.165) is 21.9 Å². The molecule has 1 unspecified atom stereocenters. The third-order valence-electron chi connectivity index (χ3n) is 6.03. The Balaban J connectivity index is 1.46. The summed E-state index contributed by atoms with van der Waals surface area (Å²) < 4.78 is 16.5. The fourth-order valence-corrected chi connectivity index (χ4v) is 5.23. The second-order valence-corrected chi connectivity index (χ2v) is 8.83. The zero-order chi connectivity index (χ0) is 23.7. The smallest absolute Gasteiger partial charge is 0.267 e. The van der Waals surface area contributed by atoms with Crippen molar-refractivity contribution in [2.45, 2.75) is 5.92 Å². The van der Waals surface area contributed by atoms with Crippen molar-refractivity contribution in [3.63, 3.8) is 0 Å². The molecule has 0 saturated heterocycles. The molecule has 2 aromatic carbocycles. The average Bonchev–Trinajstić information content (AvgIpc) is 3.63. The molecule has 3 N–H and O–H groups in total. The Kier molecular flexibility index (Phi) is 5.90. The lowest BCUT2D eigenvalue weighted by Crippen LogP contribution is -2.28. The molecule has 3 heterocycles. The molecule has 5 aromatic rings. The van der Waals surface area contributed by atoms with E-state index in [2.05, 4.69) is 38.9 Å². The van der Waals surface area contributed by atoms with Crippen LogP contribution in [0.15, 0.2) is 60.1 Å². The predicted octanol–water partition coefficient (Wildman–Crippen LogP) is 5.30. The van der Waals surface area contributed by atoms with Crippen LogP contribution in [0, 0.1) is 0 Å². The van der Waals surface area contributed by atoms with Crippen molar-refractivity contribution in [3.8, 4) is 17.2 Å². The first-order valence-corrected chi connectivity index (χ1v) is 11.7. The highest BCUT2D eigenvalue weighted by molar-refractivity contribution is 7.10. The van der Waals surface area contributed by atoms with Gasteiger partial charge in [-0.05, 0) is 29.1 Å². The lowest BCUT2D eigenvalue weighted by molar-refractivity contribution is 0.0948. The highest BCUT2D eigenvalue weighted by atomic mass is 32.1. The summed E-state index contributed by atoms with van der Waals surface area (Å²) in [4.78, 5) is 20.9. The summed E-state index contributed by atoms with van der Waals surface area (Å²) in [6.07, 6.45) is 2.03. The first kappa shape index (κ1) is 21.9. The highest BCUT2D eigenvalue weighted by Crippen LogP contribution is 2.41. The van der Waals surface area contributed by atoms with Gasteiger partial charge in [-0.25, -0.2) is 0 Å². The molecule has 5 rings (SSSR count). The van der Waals surface area contributed by atoms with Crippen LogP contribution in [0.3, 0.4) is 0 Å². The molecular weight excluding hydrogens is 450 g/mol. The third kappa shape index (κ3) is 3.76. The van der Waals surface area contributed by atoms with Crippen LogP contribution in [0.4, 0.5) is 0 Å². The summed E-state index contributed by atoms with van der Waals surface area (Å²) in [6.45, 7) is 0.453. The fourth-order valence-electron chi connectivity index (χ4n) is 4.38. The van der Waals surface area contributed by atoms with Gasteiger partial charge in [0.05, 0.1) is 26.8 Å². The maximum atomic E-state index is 13.2. The molecule has 0 saturated carbocycles. The maximum Gasteiger partial charge on any atom is 0.267 e. The molecule has 3 aromatic heterocycles. The Morgan fingerprint density at radius 2 is 1.82 bits per heavy atom. The van der Waals surface area contributed by atoms with E-state index >= 15 is 0 Å². The van der Waals surface area contributed by atoms with Gasteiger partial charge in [-0.15, -0.1) is 11.3 Å². The number of para-hydroxylation sites is 1. The van der Waals surface area contributed by atoms with Gasteiger partial charge in [-0.1, -0.05) is 24.3 Å². The number of benzene rings is 2. The van der Waals surface area contributed by atoms with E-state index in [0.29, 0.717) is 35.0 Å². The first-order valence-electron chi connectivity index (χ1n) is 10.8. The molecule has 1 atom stereocenters. The van der Waals surface area contributed by atoms with Crippen LogP contribution < -0.4 is 19.5 Å². The standard InChI is InChI=1S/C26H25N3O4S/c1-31-21-12-22(32-2)25(33-3)24-16(21)11-20(29-24)26(30)28-14-18(23-9-6-10-34-23)17-13-27-19-8-5-4-7-15(17)19/h4-13,18,27,29H,14H2,1-3H3,(H,28,30). The van der Waals surface area contributed by atoms with Crippen molar-refractivity contribution < 1.29 is 19.0 Å². The van der Waals surface area contributed by atoms with E-state index in [1.54, 1.807) is 44.8 Å². The number of methoxy groups -OCH3 is 3. The van der Waals surface area contributed by atoms with Crippen LogP contribution in [0.25, 0.3) is 21.8 Å². The number of rotatable bonds is 8. The zero-order valence-corrected chi connectivity index (χ0v) is 19.9. The molecule has 34 heavy (non-hydrogen) atoms. The summed E-state index contributed by atoms with van der Waals surface area (Å²) in [5, 5.41) is 7.07. The summed E-state index contributed by atoms with van der Waals surface area (Å²) in [5.41, 5.74) is 3.30. The van der Waals surface area contributed by atoms with Crippen molar-refractivity contribution in [1.29, 1.82) is 0 Å². The summed E-state index contributed by atoms with van der Waals surface area (Å²) >= 11 is 1.68. The first-order chi connectivity index (χ1) is 16.6. The number of H-pyrrole nitrogens is 2. The van der Waals surface area contributed by atoms with E-state index in [1.165, 1.54) is 4.88 Å². The van der Waals surface area contributed by atoms with Crippen LogP contribution in [0.5, 0.6) is 17.2 Å². The summed E-state index contributed by atoms with van der Waals surface area (Å²) in [6, 6.07) is 15.9. The van der Waals surface area contributed by atoms with Gasteiger partial charge in [0.25, 0.3) is 5.91 Å². The van der Waals surface area contributed by atoms with Gasteiger partial charge in [-0.3, -0.25) is 4.79 Å². The number of nitrogens with one attached hydrogen (secondary N) is 3. The van der Waals surface area contributed by atoms with Crippen molar-refractivity contribution in [2.24, 2.45) is 0 Å². The Morgan fingerprint density at radius 3 is 2.56 bits per heavy atom. The molecule has 0 spiro atoms. The molecule has 7 nitrogen and oxygen atoms in total. The second kappa shape index (κ2) is 9.15. The Bertz CT molecular complexity index is 1450. The Labute approximate surface area is 200 Å². The minimum absolute atomic E-state index is 0.0219. The number of fused-ring (bicyclic) bond motifs is 2. The van der Waals surface area contributed by atoms with Crippen LogP contribution in [0.2, 0.25) is 0 Å². The SMILES string of the molecule is COc1cc(OC)c2cc(C(=O)NCC(c3cccs3)c3c[nH]c4ccccc34)[nH]c2c1OC. The normalized spacial score (nSPS) is 12.1. The van der Waals surface area contributed by atoms with Crippen molar-refractivity contribution in [3.05, 3.63) is 76.2 Å². The van der Waals surface area contributed by atoms with E-state index in [9.17, 15) is 4.79 Å². The Morgan fingerprint density at radius 1 is 1.00 bits per heavy atom. The monoisotopic (exact) mass is 475 g/mol. The van der Waals surface area contributed by atoms with E-state index in [4.69, 9.17) is 14.2 Å². The number of amides is 1. The van der Waals surface area contributed by atoms with Gasteiger partial charge in [0.15, 0.2) is 11.5 Å². The lowest BCUT2D eigenvalue weighted by atomic mass is 9.96. The quantitative estimate of drug-likeness (QED) is 0.284. The van der Waals surface area contributed by atoms with Crippen LogP contribution in [-0.2, 0) is 0 Å². The molecule has 174 valence electrons. The van der Waals surface area contributed by atoms with Crippen LogP contribution >= 0.6 is 11.3 Å². The fraction of sp³-hybridized carbons (Fsp3) is 0.192. The van der Waals surface area contributed by atoms with Crippen molar-refractivity contribution in [2.75, 3.05) is 27.9 Å². The van der Waals surface area contributed by atoms with E-state index in [1.807, 2.05) is 24.4 Å². The lowest BCUT2D eigenvalue weighted by Gasteiger charge is -2.16. The third-order valence-corrected chi connectivity index (χ3v) is 7.02. The van der Waals surface area contributed by atoms with Gasteiger partial charge >= 0.3 is 0 Å². The minimum Gasteiger partial charge on any atom is -0.496 e. The highest BCUT2D eigenvalue weighted by Gasteiger charge is 2.23. The molecule has 0 bridgehead atoms. The van der Waals surface area contributed by atoms with E-state index in [-0.39, 0.29) is 11.8 Å². The van der Waals surface area contributed by atoms with Crippen LogP contribution in [0.1, 0.15) is 26.8 Å². The molecule has 1 amide bonds. The number of thiophene rings is 1. The molecule has 0 aliphatic rings. The summed E-state index contributed by atoms with van der Waals surface area (Å²) in [5.74, 6) is 1.46. The maximum absolute atomic E-state index is 13.2. The largest absolute Gasteiger partial charge is 0.496 e.